The van der Waals surface area contributed by atoms with E-state index in [4.69, 9.17) is 9.84 Å². The third kappa shape index (κ3) is 3.00. The van der Waals surface area contributed by atoms with Crippen LogP contribution < -0.4 is 15.0 Å². The van der Waals surface area contributed by atoms with Gasteiger partial charge in [0.05, 0.1) is 12.2 Å². The third-order valence-corrected chi connectivity index (χ3v) is 3.35. The number of anilines is 1. The van der Waals surface area contributed by atoms with Gasteiger partial charge in [-0.25, -0.2) is 4.98 Å². The summed E-state index contributed by atoms with van der Waals surface area (Å²) >= 11 is 0. The number of carbonyl (C=O) groups is 2. The number of benzene rings is 1. The summed E-state index contributed by atoms with van der Waals surface area (Å²) in [6.07, 6.45) is 1.56. The van der Waals surface area contributed by atoms with Crippen LogP contribution in [-0.2, 0) is 4.79 Å². The van der Waals surface area contributed by atoms with E-state index in [0.717, 1.165) is 0 Å². The summed E-state index contributed by atoms with van der Waals surface area (Å²) in [5.41, 5.74) is 0.785. The minimum Gasteiger partial charge on any atom is -0.436 e. The van der Waals surface area contributed by atoms with Crippen molar-refractivity contribution in [2.75, 3.05) is 24.6 Å². The molecule has 2 amide bonds. The van der Waals surface area contributed by atoms with Gasteiger partial charge in [0.25, 0.3) is 5.91 Å². The first-order chi connectivity index (χ1) is 11.2. The summed E-state index contributed by atoms with van der Waals surface area (Å²) < 4.78 is 5.72. The van der Waals surface area contributed by atoms with Gasteiger partial charge in [-0.15, -0.1) is 0 Å². The minimum absolute atomic E-state index is 0.133. The molecule has 7 heteroatoms. The van der Waals surface area contributed by atoms with E-state index in [0.29, 0.717) is 17.0 Å². The molecule has 1 aliphatic rings. The van der Waals surface area contributed by atoms with Gasteiger partial charge >= 0.3 is 0 Å². The predicted octanol–water partition coefficient (Wildman–Crippen LogP) is 0.943. The topological polar surface area (TPSA) is 91.8 Å². The highest BCUT2D eigenvalue weighted by Crippen LogP contribution is 2.36. The molecule has 0 aliphatic carbocycles. The Morgan fingerprint density at radius 2 is 2.09 bits per heavy atom. The van der Waals surface area contributed by atoms with Crippen LogP contribution in [0.2, 0.25) is 0 Å². The van der Waals surface area contributed by atoms with Gasteiger partial charge < -0.3 is 15.2 Å². The minimum atomic E-state index is -0.374. The molecule has 2 N–H and O–H groups in total. The van der Waals surface area contributed by atoms with E-state index < -0.39 is 0 Å². The Morgan fingerprint density at radius 3 is 2.91 bits per heavy atom. The Hall–Kier alpha value is -2.93. The second-order valence-electron chi connectivity index (χ2n) is 4.89. The van der Waals surface area contributed by atoms with Crippen molar-refractivity contribution in [3.8, 4) is 11.6 Å². The number of ether oxygens (including phenoxy) is 1. The SMILES string of the molecule is O=C(CN1C(=O)c2ccccc2Oc2ncccc21)NCCO. The van der Waals surface area contributed by atoms with Gasteiger partial charge in [0, 0.05) is 12.7 Å². The van der Waals surface area contributed by atoms with Crippen molar-refractivity contribution in [3.05, 3.63) is 48.2 Å². The lowest BCUT2D eigenvalue weighted by atomic mass is 10.1. The molecule has 2 aromatic rings. The van der Waals surface area contributed by atoms with Crippen molar-refractivity contribution in [2.45, 2.75) is 0 Å². The van der Waals surface area contributed by atoms with E-state index in [2.05, 4.69) is 10.3 Å². The third-order valence-electron chi connectivity index (χ3n) is 3.35. The van der Waals surface area contributed by atoms with Crippen LogP contribution in [0, 0.1) is 0 Å². The number of hydrogen-bond donors (Lipinski definition) is 2. The Morgan fingerprint density at radius 1 is 1.26 bits per heavy atom. The summed E-state index contributed by atoms with van der Waals surface area (Å²) in [5.74, 6) is -0.0513. The largest absolute Gasteiger partial charge is 0.436 e. The maximum absolute atomic E-state index is 12.8. The number of pyridine rings is 1. The van der Waals surface area contributed by atoms with Gasteiger partial charge in [-0.05, 0) is 24.3 Å². The molecule has 0 radical (unpaired) electrons. The lowest BCUT2D eigenvalue weighted by Gasteiger charge is -2.20. The summed E-state index contributed by atoms with van der Waals surface area (Å²) in [6.45, 7) is -0.215. The van der Waals surface area contributed by atoms with E-state index in [1.165, 1.54) is 4.90 Å². The standard InChI is InChI=1S/C16H15N3O4/c20-9-8-17-14(21)10-19-12-5-3-7-18-15(12)23-13-6-2-1-4-11(13)16(19)22/h1-7,20H,8-10H2,(H,17,21). The van der Waals surface area contributed by atoms with Crippen molar-refractivity contribution >= 4 is 17.5 Å². The van der Waals surface area contributed by atoms with Crippen LogP contribution in [0.4, 0.5) is 5.69 Å². The Kier molecular flexibility index (Phi) is 4.20. The molecule has 1 aliphatic heterocycles. The molecule has 0 fully saturated rings. The second kappa shape index (κ2) is 6.45. The van der Waals surface area contributed by atoms with Crippen molar-refractivity contribution in [1.29, 1.82) is 0 Å². The molecular formula is C16H15N3O4. The fourth-order valence-corrected chi connectivity index (χ4v) is 2.31. The molecule has 2 heterocycles. The molecule has 0 spiro atoms. The summed E-state index contributed by atoms with van der Waals surface area (Å²) in [6, 6.07) is 10.2. The van der Waals surface area contributed by atoms with Crippen LogP contribution in [0.3, 0.4) is 0 Å². The maximum atomic E-state index is 12.8. The molecule has 0 bridgehead atoms. The second-order valence-corrected chi connectivity index (χ2v) is 4.89. The summed E-state index contributed by atoms with van der Waals surface area (Å²) in [4.78, 5) is 30.2. The van der Waals surface area contributed by atoms with Crippen molar-refractivity contribution < 1.29 is 19.4 Å². The molecule has 23 heavy (non-hydrogen) atoms. The Labute approximate surface area is 132 Å². The summed E-state index contributed by atoms with van der Waals surface area (Å²) in [7, 11) is 0. The average Bonchev–Trinajstić information content (AvgIpc) is 2.69. The van der Waals surface area contributed by atoms with Gasteiger partial charge in [-0.3, -0.25) is 14.5 Å². The van der Waals surface area contributed by atoms with Crippen LogP contribution in [0.1, 0.15) is 10.4 Å². The molecule has 118 valence electrons. The van der Waals surface area contributed by atoms with E-state index in [1.807, 2.05) is 0 Å². The first-order valence-corrected chi connectivity index (χ1v) is 7.12. The smallest absolute Gasteiger partial charge is 0.262 e. The number of hydrogen-bond acceptors (Lipinski definition) is 5. The number of aliphatic hydroxyl groups is 1. The van der Waals surface area contributed by atoms with Crippen LogP contribution in [0.15, 0.2) is 42.6 Å². The molecule has 0 unspecified atom stereocenters. The molecule has 3 rings (SSSR count). The van der Waals surface area contributed by atoms with Crippen molar-refractivity contribution in [1.82, 2.24) is 10.3 Å². The molecule has 0 saturated heterocycles. The fourth-order valence-electron chi connectivity index (χ4n) is 2.31. The highest BCUT2D eigenvalue weighted by Gasteiger charge is 2.29. The monoisotopic (exact) mass is 313 g/mol. The lowest BCUT2D eigenvalue weighted by molar-refractivity contribution is -0.119. The lowest BCUT2D eigenvalue weighted by Crippen LogP contribution is -2.41. The van der Waals surface area contributed by atoms with Gasteiger partial charge in [0.2, 0.25) is 11.8 Å². The normalized spacial score (nSPS) is 12.7. The molecular weight excluding hydrogens is 298 g/mol. The fraction of sp³-hybridized carbons (Fsp3) is 0.188. The zero-order valence-electron chi connectivity index (χ0n) is 12.2. The number of aliphatic hydroxyl groups excluding tert-OH is 1. The quantitative estimate of drug-likeness (QED) is 0.876. The molecule has 1 aromatic carbocycles. The van der Waals surface area contributed by atoms with Crippen LogP contribution in [-0.4, -0.2) is 41.6 Å². The van der Waals surface area contributed by atoms with Crippen LogP contribution >= 0.6 is 0 Å². The van der Waals surface area contributed by atoms with E-state index in [-0.39, 0.29) is 37.4 Å². The van der Waals surface area contributed by atoms with Crippen LogP contribution in [0.25, 0.3) is 0 Å². The number of amides is 2. The Bertz CT molecular complexity index is 748. The van der Waals surface area contributed by atoms with Crippen molar-refractivity contribution in [2.24, 2.45) is 0 Å². The first kappa shape index (κ1) is 15.0. The molecule has 7 nitrogen and oxygen atoms in total. The van der Waals surface area contributed by atoms with Gasteiger partial charge in [0.15, 0.2) is 0 Å². The first-order valence-electron chi connectivity index (χ1n) is 7.12. The molecule has 0 saturated carbocycles. The number of nitrogens with zero attached hydrogens (tertiary/aromatic N) is 2. The zero-order valence-corrected chi connectivity index (χ0v) is 12.2. The highest BCUT2D eigenvalue weighted by atomic mass is 16.5. The van der Waals surface area contributed by atoms with Gasteiger partial charge in [-0.1, -0.05) is 12.1 Å². The average molecular weight is 313 g/mol. The van der Waals surface area contributed by atoms with E-state index in [1.54, 1.807) is 42.6 Å². The van der Waals surface area contributed by atoms with E-state index >= 15 is 0 Å². The van der Waals surface area contributed by atoms with Crippen LogP contribution in [0.5, 0.6) is 11.6 Å². The molecule has 0 atom stereocenters. The number of fused-ring (bicyclic) bond motifs is 2. The maximum Gasteiger partial charge on any atom is 0.262 e. The number of carbonyl (C=O) groups excluding carboxylic acids is 2. The highest BCUT2D eigenvalue weighted by molar-refractivity contribution is 6.11. The number of para-hydroxylation sites is 1. The van der Waals surface area contributed by atoms with Crippen molar-refractivity contribution in [3.63, 3.8) is 0 Å². The van der Waals surface area contributed by atoms with Gasteiger partial charge in [-0.2, -0.15) is 0 Å². The number of nitrogens with one attached hydrogen (secondary N) is 1. The summed E-state index contributed by atoms with van der Waals surface area (Å²) in [5, 5.41) is 11.3. The predicted molar refractivity (Wildman–Crippen MR) is 82.5 cm³/mol. The molecule has 1 aromatic heterocycles. The van der Waals surface area contributed by atoms with E-state index in [9.17, 15) is 9.59 Å². The number of rotatable bonds is 4. The Balaban J connectivity index is 1.99. The zero-order chi connectivity index (χ0) is 16.2. The number of aromatic nitrogens is 1. The van der Waals surface area contributed by atoms with Gasteiger partial charge in [0.1, 0.15) is 18.0 Å².